The molecule has 1 N–H and O–H groups in total. The molecule has 0 radical (unpaired) electrons. The van der Waals surface area contributed by atoms with Crippen molar-refractivity contribution < 1.29 is 19.4 Å². The molecule has 0 bridgehead atoms. The number of nitro benzene ring substituents is 1. The Kier molecular flexibility index (Phi) is 4.33. The average Bonchev–Trinajstić information content (AvgIpc) is 2.94. The van der Waals surface area contributed by atoms with Gasteiger partial charge in [-0.2, -0.15) is 0 Å². The van der Waals surface area contributed by atoms with Gasteiger partial charge in [-0.05, 0) is 24.3 Å². The van der Waals surface area contributed by atoms with Crippen LogP contribution in [0.2, 0.25) is 0 Å². The van der Waals surface area contributed by atoms with Crippen molar-refractivity contribution in [1.29, 1.82) is 0 Å². The van der Waals surface area contributed by atoms with E-state index in [1.54, 1.807) is 29.2 Å². The fourth-order valence-corrected chi connectivity index (χ4v) is 3.65. The number of hydrogen-bond donors (Lipinski definition) is 1. The maximum absolute atomic E-state index is 12.3. The highest BCUT2D eigenvalue weighted by Crippen LogP contribution is 2.27. The minimum Gasteiger partial charge on any atom is -0.360 e. The number of ketones is 1. The van der Waals surface area contributed by atoms with Gasteiger partial charge in [-0.1, -0.05) is 12.1 Å². The average molecular weight is 367 g/mol. The Balaban J connectivity index is 1.39. The van der Waals surface area contributed by atoms with Gasteiger partial charge < -0.3 is 9.80 Å². The van der Waals surface area contributed by atoms with E-state index in [1.807, 2.05) is 12.1 Å². The summed E-state index contributed by atoms with van der Waals surface area (Å²) in [5, 5.41) is 10.8. The maximum atomic E-state index is 12.3. The Morgan fingerprint density at radius 2 is 1.67 bits per heavy atom. The summed E-state index contributed by atoms with van der Waals surface area (Å²) in [6, 6.07) is 13.7. The molecule has 0 aliphatic carbocycles. The van der Waals surface area contributed by atoms with Gasteiger partial charge in [0.15, 0.2) is 6.67 Å². The van der Waals surface area contributed by atoms with E-state index in [9.17, 15) is 19.7 Å². The molecule has 1 amide bonds. The molecule has 2 aliphatic rings. The number of hydrogen-bond acceptors (Lipinski definition) is 5. The Bertz CT molecular complexity index is 904. The maximum Gasteiger partial charge on any atom is 0.303 e. The lowest BCUT2D eigenvalue weighted by Gasteiger charge is -2.35. The third-order valence-corrected chi connectivity index (χ3v) is 5.16. The van der Waals surface area contributed by atoms with Crippen molar-refractivity contribution in [2.24, 2.45) is 0 Å². The monoisotopic (exact) mass is 367 g/mol. The quantitative estimate of drug-likeness (QED) is 0.483. The smallest absolute Gasteiger partial charge is 0.303 e. The zero-order valence-electron chi connectivity index (χ0n) is 14.6. The normalized spacial score (nSPS) is 17.3. The molecule has 1 fully saturated rings. The third kappa shape index (κ3) is 3.15. The number of piperazine rings is 1. The van der Waals surface area contributed by atoms with E-state index in [2.05, 4.69) is 4.90 Å². The van der Waals surface area contributed by atoms with E-state index in [1.165, 1.54) is 17.0 Å². The van der Waals surface area contributed by atoms with E-state index in [0.717, 1.165) is 31.9 Å². The highest BCUT2D eigenvalue weighted by molar-refractivity contribution is 6.52. The first-order valence-electron chi connectivity index (χ1n) is 8.83. The third-order valence-electron chi connectivity index (χ3n) is 5.16. The molecule has 4 rings (SSSR count). The molecule has 0 atom stereocenters. The number of para-hydroxylation sites is 1. The topological polar surface area (TPSA) is 88.2 Å². The fourth-order valence-electron chi connectivity index (χ4n) is 3.65. The Labute approximate surface area is 155 Å². The first-order valence-corrected chi connectivity index (χ1v) is 8.83. The summed E-state index contributed by atoms with van der Waals surface area (Å²) in [6.07, 6.45) is 0. The SMILES string of the molecule is O=C1C(=O)N(C[NH+]2CCN(c3ccc([N+](=O)[O-])cc3)CC2)c2ccccc21. The molecular formula is C19H19N4O4+. The predicted octanol–water partition coefficient (Wildman–Crippen LogP) is 0.487. The number of nitrogens with zero attached hydrogens (tertiary/aromatic N) is 3. The second-order valence-electron chi connectivity index (χ2n) is 6.75. The van der Waals surface area contributed by atoms with Crippen molar-refractivity contribution in [2.75, 3.05) is 42.6 Å². The van der Waals surface area contributed by atoms with E-state index < -0.39 is 16.6 Å². The standard InChI is InChI=1S/C19H18N4O4/c24-18-16-3-1-2-4-17(16)22(19(18)25)13-20-9-11-21(12-10-20)14-5-7-15(8-6-14)23(26)27/h1-8H,9-13H2/p+1. The molecule has 2 aromatic rings. The first kappa shape index (κ1) is 17.2. The molecule has 0 unspecified atom stereocenters. The zero-order valence-corrected chi connectivity index (χ0v) is 14.6. The summed E-state index contributed by atoms with van der Waals surface area (Å²) in [6.45, 7) is 3.67. The predicted molar refractivity (Wildman–Crippen MR) is 99.1 cm³/mol. The van der Waals surface area contributed by atoms with Crippen LogP contribution < -0.4 is 14.7 Å². The lowest BCUT2D eigenvalue weighted by Crippen LogP contribution is -3.16. The van der Waals surface area contributed by atoms with Crippen LogP contribution >= 0.6 is 0 Å². The second kappa shape index (κ2) is 6.81. The van der Waals surface area contributed by atoms with Crippen LogP contribution in [0.5, 0.6) is 0 Å². The number of carbonyl (C=O) groups excluding carboxylic acids is 2. The van der Waals surface area contributed by atoms with Gasteiger partial charge in [0.1, 0.15) is 0 Å². The number of quaternary nitrogens is 1. The molecule has 0 spiro atoms. The van der Waals surface area contributed by atoms with Crippen LogP contribution in [0.1, 0.15) is 10.4 Å². The Morgan fingerprint density at radius 3 is 2.33 bits per heavy atom. The molecule has 0 saturated carbocycles. The van der Waals surface area contributed by atoms with E-state index in [-0.39, 0.29) is 5.69 Å². The summed E-state index contributed by atoms with van der Waals surface area (Å²) in [5.41, 5.74) is 2.21. The number of Topliss-reactive ketones (excluding diaryl/α,β-unsaturated/α-hetero) is 1. The van der Waals surface area contributed by atoms with Gasteiger partial charge in [0, 0.05) is 17.8 Å². The minimum atomic E-state index is -0.457. The molecule has 2 heterocycles. The van der Waals surface area contributed by atoms with Gasteiger partial charge in [-0.15, -0.1) is 0 Å². The van der Waals surface area contributed by atoms with Crippen LogP contribution in [0.4, 0.5) is 17.1 Å². The fraction of sp³-hybridized carbons (Fsp3) is 0.263. The van der Waals surface area contributed by atoms with Gasteiger partial charge in [0.2, 0.25) is 0 Å². The van der Waals surface area contributed by atoms with Gasteiger partial charge in [0.25, 0.3) is 11.5 Å². The summed E-state index contributed by atoms with van der Waals surface area (Å²) >= 11 is 0. The largest absolute Gasteiger partial charge is 0.360 e. The number of fused-ring (bicyclic) bond motifs is 1. The first-order chi connectivity index (χ1) is 13.0. The van der Waals surface area contributed by atoms with Crippen molar-refractivity contribution in [3.63, 3.8) is 0 Å². The lowest BCUT2D eigenvalue weighted by molar-refractivity contribution is -0.899. The van der Waals surface area contributed by atoms with Crippen LogP contribution in [0, 0.1) is 10.1 Å². The number of non-ortho nitro benzene ring substituents is 1. The van der Waals surface area contributed by atoms with Crippen LogP contribution in [0.3, 0.4) is 0 Å². The molecular weight excluding hydrogens is 348 g/mol. The molecule has 1 saturated heterocycles. The number of benzene rings is 2. The van der Waals surface area contributed by atoms with Crippen LogP contribution in [-0.2, 0) is 4.79 Å². The van der Waals surface area contributed by atoms with Gasteiger partial charge >= 0.3 is 5.91 Å². The molecule has 138 valence electrons. The molecule has 27 heavy (non-hydrogen) atoms. The van der Waals surface area contributed by atoms with Crippen LogP contribution in [0.25, 0.3) is 0 Å². The van der Waals surface area contributed by atoms with E-state index in [0.29, 0.717) is 17.9 Å². The van der Waals surface area contributed by atoms with Crippen molar-refractivity contribution in [1.82, 2.24) is 0 Å². The van der Waals surface area contributed by atoms with E-state index in [4.69, 9.17) is 0 Å². The van der Waals surface area contributed by atoms with Crippen LogP contribution in [-0.4, -0.2) is 49.5 Å². The Hall–Kier alpha value is -3.26. The number of amides is 1. The van der Waals surface area contributed by atoms with Gasteiger partial charge in [-0.25, -0.2) is 0 Å². The second-order valence-corrected chi connectivity index (χ2v) is 6.75. The highest BCUT2D eigenvalue weighted by atomic mass is 16.6. The minimum absolute atomic E-state index is 0.0823. The number of nitrogens with one attached hydrogen (secondary N) is 1. The molecule has 8 heteroatoms. The number of anilines is 2. The van der Waals surface area contributed by atoms with Gasteiger partial charge in [-0.3, -0.25) is 24.6 Å². The molecule has 2 aromatic carbocycles. The molecule has 0 aromatic heterocycles. The van der Waals surface area contributed by atoms with Crippen molar-refractivity contribution in [3.8, 4) is 0 Å². The number of carbonyl (C=O) groups is 2. The summed E-state index contributed by atoms with van der Waals surface area (Å²) < 4.78 is 0. The van der Waals surface area contributed by atoms with Crippen molar-refractivity contribution in [3.05, 3.63) is 64.2 Å². The van der Waals surface area contributed by atoms with Gasteiger partial charge in [0.05, 0.1) is 42.4 Å². The van der Waals surface area contributed by atoms with E-state index >= 15 is 0 Å². The zero-order chi connectivity index (χ0) is 19.0. The summed E-state index contributed by atoms with van der Waals surface area (Å²) in [5.74, 6) is -0.893. The summed E-state index contributed by atoms with van der Waals surface area (Å²) in [4.78, 5) is 39.8. The summed E-state index contributed by atoms with van der Waals surface area (Å²) in [7, 11) is 0. The number of rotatable bonds is 4. The molecule has 8 nitrogen and oxygen atoms in total. The lowest BCUT2D eigenvalue weighted by atomic mass is 10.1. The van der Waals surface area contributed by atoms with Crippen molar-refractivity contribution in [2.45, 2.75) is 0 Å². The van der Waals surface area contributed by atoms with Crippen LogP contribution in [0.15, 0.2) is 48.5 Å². The molecule has 2 aliphatic heterocycles. The highest BCUT2D eigenvalue weighted by Gasteiger charge is 2.38. The Morgan fingerprint density at radius 1 is 1.00 bits per heavy atom. The van der Waals surface area contributed by atoms with Crippen molar-refractivity contribution >= 4 is 28.8 Å². The number of nitro groups is 1.